The highest BCUT2D eigenvalue weighted by Gasteiger charge is 2.29. The van der Waals surface area contributed by atoms with Crippen molar-refractivity contribution < 1.29 is 13.5 Å². The van der Waals surface area contributed by atoms with Gasteiger partial charge in [-0.3, -0.25) is 0 Å². The number of aromatic nitrogens is 2. The second kappa shape index (κ2) is 7.04. The lowest BCUT2D eigenvalue weighted by Gasteiger charge is -2.30. The molecule has 2 N–H and O–H groups in total. The van der Waals surface area contributed by atoms with Crippen LogP contribution in [0.5, 0.6) is 0 Å². The van der Waals surface area contributed by atoms with Crippen molar-refractivity contribution in [3.8, 4) is 5.69 Å². The predicted molar refractivity (Wildman–Crippen MR) is 91.5 cm³/mol. The monoisotopic (exact) mass is 349 g/mol. The number of rotatable bonds is 5. The molecule has 24 heavy (non-hydrogen) atoms. The van der Waals surface area contributed by atoms with Crippen LogP contribution in [0.1, 0.15) is 31.2 Å². The summed E-state index contributed by atoms with van der Waals surface area (Å²) in [6, 6.07) is 7.50. The van der Waals surface area contributed by atoms with Gasteiger partial charge in [-0.05, 0) is 37.8 Å². The van der Waals surface area contributed by atoms with E-state index in [9.17, 15) is 13.5 Å². The molecule has 0 aliphatic heterocycles. The fourth-order valence-corrected chi connectivity index (χ4v) is 4.40. The van der Waals surface area contributed by atoms with Crippen LogP contribution in [-0.4, -0.2) is 36.0 Å². The minimum absolute atomic E-state index is 0.00974. The molecule has 1 fully saturated rings. The lowest BCUT2D eigenvalue weighted by molar-refractivity contribution is 0.164. The molecule has 130 valence electrons. The Balaban J connectivity index is 1.79. The molecule has 1 aliphatic rings. The quantitative estimate of drug-likeness (QED) is 0.865. The summed E-state index contributed by atoms with van der Waals surface area (Å²) in [7, 11) is -3.64. The van der Waals surface area contributed by atoms with Gasteiger partial charge in [0.2, 0.25) is 10.0 Å². The molecule has 1 aromatic heterocycles. The van der Waals surface area contributed by atoms with Crippen LogP contribution in [0.2, 0.25) is 0 Å². The normalized spacial score (nSPS) is 21.8. The van der Waals surface area contributed by atoms with Gasteiger partial charge >= 0.3 is 0 Å². The highest BCUT2D eigenvalue weighted by Crippen LogP contribution is 2.25. The molecule has 1 saturated carbocycles. The molecule has 0 bridgehead atoms. The first-order valence-corrected chi connectivity index (χ1v) is 9.73. The van der Waals surface area contributed by atoms with Crippen LogP contribution in [0.25, 0.3) is 5.69 Å². The predicted octanol–water partition coefficient (Wildman–Crippen LogP) is 2.01. The van der Waals surface area contributed by atoms with Crippen molar-refractivity contribution >= 4 is 10.0 Å². The third-order valence-corrected chi connectivity index (χ3v) is 6.06. The number of nitrogens with one attached hydrogen (secondary N) is 1. The van der Waals surface area contributed by atoms with Crippen molar-refractivity contribution in [3.05, 3.63) is 42.2 Å². The fourth-order valence-electron chi connectivity index (χ4n) is 3.13. The van der Waals surface area contributed by atoms with Crippen LogP contribution in [0.3, 0.4) is 0 Å². The van der Waals surface area contributed by atoms with Crippen LogP contribution >= 0.6 is 0 Å². The molecular weight excluding hydrogens is 326 g/mol. The minimum Gasteiger partial charge on any atom is -0.396 e. The number of nitrogens with zero attached hydrogens (tertiary/aromatic N) is 2. The summed E-state index contributed by atoms with van der Waals surface area (Å²) in [4.78, 5) is 0.144. The Morgan fingerprint density at radius 2 is 1.96 bits per heavy atom. The van der Waals surface area contributed by atoms with Crippen LogP contribution < -0.4 is 4.72 Å². The topological polar surface area (TPSA) is 84.2 Å². The first-order valence-electron chi connectivity index (χ1n) is 8.24. The Morgan fingerprint density at radius 1 is 1.25 bits per heavy atom. The van der Waals surface area contributed by atoms with E-state index in [0.717, 1.165) is 36.9 Å². The maximum Gasteiger partial charge on any atom is 0.243 e. The van der Waals surface area contributed by atoms with Gasteiger partial charge in [-0.15, -0.1) is 0 Å². The molecule has 1 aliphatic carbocycles. The van der Waals surface area contributed by atoms with Crippen molar-refractivity contribution in [1.82, 2.24) is 14.5 Å². The average Bonchev–Trinajstić information content (AvgIpc) is 3.07. The van der Waals surface area contributed by atoms with E-state index in [2.05, 4.69) is 9.82 Å². The molecule has 7 heteroatoms. The molecular formula is C17H23N3O3S. The van der Waals surface area contributed by atoms with Gasteiger partial charge in [-0.2, -0.15) is 5.10 Å². The van der Waals surface area contributed by atoms with Crippen molar-refractivity contribution in [3.63, 3.8) is 0 Å². The summed E-state index contributed by atoms with van der Waals surface area (Å²) in [5, 5.41) is 13.6. The highest BCUT2D eigenvalue weighted by molar-refractivity contribution is 7.89. The lowest BCUT2D eigenvalue weighted by atomic mass is 9.86. The van der Waals surface area contributed by atoms with Gasteiger partial charge in [-0.25, -0.2) is 17.8 Å². The number of hydrogen-bond acceptors (Lipinski definition) is 4. The van der Waals surface area contributed by atoms with E-state index in [1.165, 1.54) is 12.4 Å². The van der Waals surface area contributed by atoms with E-state index >= 15 is 0 Å². The van der Waals surface area contributed by atoms with Crippen molar-refractivity contribution in [2.45, 2.75) is 43.5 Å². The van der Waals surface area contributed by atoms with Crippen molar-refractivity contribution in [2.75, 3.05) is 6.61 Å². The van der Waals surface area contributed by atoms with Crippen molar-refractivity contribution in [1.29, 1.82) is 0 Å². The van der Waals surface area contributed by atoms with Gasteiger partial charge in [0.05, 0.1) is 18.1 Å². The fraction of sp³-hybridized carbons (Fsp3) is 0.471. The number of hydrogen-bond donors (Lipinski definition) is 2. The third-order valence-electron chi connectivity index (χ3n) is 4.62. The molecule has 1 aromatic carbocycles. The highest BCUT2D eigenvalue weighted by atomic mass is 32.2. The van der Waals surface area contributed by atoms with Gasteiger partial charge < -0.3 is 5.11 Å². The molecule has 3 rings (SSSR count). The van der Waals surface area contributed by atoms with Crippen LogP contribution in [0.15, 0.2) is 41.6 Å². The summed E-state index contributed by atoms with van der Waals surface area (Å²) >= 11 is 0. The Labute approximate surface area is 142 Å². The van der Waals surface area contributed by atoms with E-state index in [-0.39, 0.29) is 23.5 Å². The van der Waals surface area contributed by atoms with Crippen LogP contribution in [0.4, 0.5) is 0 Å². The Bertz CT molecular complexity index is 784. The van der Waals surface area contributed by atoms with Crippen LogP contribution in [-0.2, 0) is 10.0 Å². The maximum atomic E-state index is 12.6. The zero-order chi connectivity index (χ0) is 17.2. The standard InChI is InChI=1S/C17H23N3O3S/c1-13-6-8-15(9-7-13)20-11-16(10-18-20)24(22,23)19-17-5-3-2-4-14(17)12-21/h6-11,14,17,19,21H,2-5,12H2,1H3. The molecule has 0 spiro atoms. The van der Waals surface area contributed by atoms with Gasteiger partial charge in [0.15, 0.2) is 0 Å². The molecule has 0 saturated heterocycles. The molecule has 2 atom stereocenters. The van der Waals surface area contributed by atoms with Crippen LogP contribution in [0, 0.1) is 12.8 Å². The summed E-state index contributed by atoms with van der Waals surface area (Å²) in [5.74, 6) is -0.0133. The van der Waals surface area contributed by atoms with Gasteiger partial charge in [-0.1, -0.05) is 30.5 Å². The molecule has 2 unspecified atom stereocenters. The molecule has 6 nitrogen and oxygen atoms in total. The van der Waals surface area contributed by atoms with Gasteiger partial charge in [0.1, 0.15) is 4.90 Å². The van der Waals surface area contributed by atoms with Crippen molar-refractivity contribution in [2.24, 2.45) is 5.92 Å². The lowest BCUT2D eigenvalue weighted by Crippen LogP contribution is -2.43. The molecule has 0 amide bonds. The maximum absolute atomic E-state index is 12.6. The number of aryl methyl sites for hydroxylation is 1. The van der Waals surface area contributed by atoms with Gasteiger partial charge in [0.25, 0.3) is 0 Å². The Morgan fingerprint density at radius 3 is 2.67 bits per heavy atom. The zero-order valence-electron chi connectivity index (χ0n) is 13.7. The van der Waals surface area contributed by atoms with E-state index in [0.29, 0.717) is 0 Å². The first kappa shape index (κ1) is 17.1. The zero-order valence-corrected chi connectivity index (χ0v) is 14.5. The third kappa shape index (κ3) is 3.68. The number of benzene rings is 1. The van der Waals surface area contributed by atoms with E-state index in [1.807, 2.05) is 31.2 Å². The SMILES string of the molecule is Cc1ccc(-n2cc(S(=O)(=O)NC3CCCCC3CO)cn2)cc1. The summed E-state index contributed by atoms with van der Waals surface area (Å²) < 4.78 is 29.5. The second-order valence-corrected chi connectivity index (χ2v) is 8.13. The average molecular weight is 349 g/mol. The molecule has 2 aromatic rings. The molecule has 1 heterocycles. The summed E-state index contributed by atoms with van der Waals surface area (Å²) in [6.07, 6.45) is 6.51. The summed E-state index contributed by atoms with van der Waals surface area (Å²) in [5.41, 5.74) is 1.95. The van der Waals surface area contributed by atoms with E-state index in [1.54, 1.807) is 4.68 Å². The largest absolute Gasteiger partial charge is 0.396 e. The van der Waals surface area contributed by atoms with E-state index in [4.69, 9.17) is 0 Å². The Kier molecular flexibility index (Phi) is 5.03. The Hall–Kier alpha value is -1.70. The minimum atomic E-state index is -3.64. The first-order chi connectivity index (χ1) is 11.5. The summed E-state index contributed by atoms with van der Waals surface area (Å²) in [6.45, 7) is 2.00. The number of sulfonamides is 1. The number of aliphatic hydroxyl groups is 1. The van der Waals surface area contributed by atoms with Gasteiger partial charge in [0, 0.05) is 12.6 Å². The second-order valence-electron chi connectivity index (χ2n) is 6.41. The molecule has 0 radical (unpaired) electrons. The number of aliphatic hydroxyl groups excluding tert-OH is 1. The van der Waals surface area contributed by atoms with E-state index < -0.39 is 10.0 Å². The smallest absolute Gasteiger partial charge is 0.243 e.